The van der Waals surface area contributed by atoms with Crippen LogP contribution in [0.15, 0.2) is 71.8 Å². The van der Waals surface area contributed by atoms with Crippen LogP contribution in [0.25, 0.3) is 0 Å². The van der Waals surface area contributed by atoms with E-state index >= 15 is 0 Å². The van der Waals surface area contributed by atoms with Crippen LogP contribution in [-0.4, -0.2) is 25.4 Å². The van der Waals surface area contributed by atoms with E-state index in [1.165, 1.54) is 0 Å². The molecule has 0 fully saturated rings. The zero-order valence-electron chi connectivity index (χ0n) is 17.0. The highest BCUT2D eigenvalue weighted by molar-refractivity contribution is 7.89. The first-order chi connectivity index (χ1) is 14.7. The van der Waals surface area contributed by atoms with E-state index in [0.29, 0.717) is 11.4 Å². The van der Waals surface area contributed by atoms with Crippen LogP contribution in [0.5, 0.6) is 5.75 Å². The van der Waals surface area contributed by atoms with Gasteiger partial charge in [-0.1, -0.05) is 12.1 Å². The van der Waals surface area contributed by atoms with Crippen molar-refractivity contribution in [3.8, 4) is 5.75 Å². The van der Waals surface area contributed by atoms with Crippen molar-refractivity contribution >= 4 is 21.6 Å². The summed E-state index contributed by atoms with van der Waals surface area (Å²) in [5.41, 5.74) is 0.731. The molecule has 3 aromatic rings. The lowest BCUT2D eigenvalue weighted by atomic mass is 10.2. The Morgan fingerprint density at radius 1 is 1.10 bits per heavy atom. The van der Waals surface area contributed by atoms with Gasteiger partial charge in [0.15, 0.2) is 0 Å². The standard InChI is InChI=1S/C22H22FN3O4S/c1-15(2)26-31(28,29)19-9-10-21(23)20(13-19)22(27)25-16-7-5-8-18(12-16)30-14-17-6-3-4-11-24-17/h3-13,15,26H,14H2,1-2H3,(H,25,27). The highest BCUT2D eigenvalue weighted by Crippen LogP contribution is 2.21. The minimum atomic E-state index is -3.87. The smallest absolute Gasteiger partial charge is 0.258 e. The van der Waals surface area contributed by atoms with Crippen molar-refractivity contribution in [2.45, 2.75) is 31.4 Å². The van der Waals surface area contributed by atoms with Gasteiger partial charge in [-0.3, -0.25) is 9.78 Å². The summed E-state index contributed by atoms with van der Waals surface area (Å²) in [6, 6.07) is 14.8. The number of sulfonamides is 1. The highest BCUT2D eigenvalue weighted by atomic mass is 32.2. The number of carbonyl (C=O) groups excluding carboxylic acids is 1. The fraction of sp³-hybridized carbons (Fsp3) is 0.182. The number of ether oxygens (including phenoxy) is 1. The van der Waals surface area contributed by atoms with Gasteiger partial charge in [-0.15, -0.1) is 0 Å². The molecule has 1 aromatic heterocycles. The van der Waals surface area contributed by atoms with E-state index in [4.69, 9.17) is 4.74 Å². The molecule has 7 nitrogen and oxygen atoms in total. The maximum Gasteiger partial charge on any atom is 0.258 e. The van der Waals surface area contributed by atoms with E-state index in [1.54, 1.807) is 50.4 Å². The Balaban J connectivity index is 1.75. The lowest BCUT2D eigenvalue weighted by molar-refractivity contribution is 0.102. The number of halogens is 1. The molecule has 31 heavy (non-hydrogen) atoms. The molecule has 0 saturated heterocycles. The van der Waals surface area contributed by atoms with E-state index in [1.807, 2.05) is 12.1 Å². The molecule has 1 heterocycles. The highest BCUT2D eigenvalue weighted by Gasteiger charge is 2.20. The van der Waals surface area contributed by atoms with Crippen molar-refractivity contribution in [3.63, 3.8) is 0 Å². The zero-order valence-corrected chi connectivity index (χ0v) is 17.8. The molecule has 0 unspecified atom stereocenters. The molecule has 162 valence electrons. The number of aromatic nitrogens is 1. The van der Waals surface area contributed by atoms with Gasteiger partial charge in [0.25, 0.3) is 5.91 Å². The van der Waals surface area contributed by atoms with Gasteiger partial charge in [-0.2, -0.15) is 0 Å². The molecule has 0 radical (unpaired) electrons. The van der Waals surface area contributed by atoms with E-state index in [-0.39, 0.29) is 23.1 Å². The molecule has 0 saturated carbocycles. The topological polar surface area (TPSA) is 97.4 Å². The number of amides is 1. The molecule has 0 spiro atoms. The molecule has 0 bridgehead atoms. The normalized spacial score (nSPS) is 11.4. The second-order valence-electron chi connectivity index (χ2n) is 7.01. The molecule has 1 amide bonds. The van der Waals surface area contributed by atoms with Crippen LogP contribution in [-0.2, 0) is 16.6 Å². The van der Waals surface area contributed by atoms with Crippen molar-refractivity contribution in [3.05, 3.63) is 83.9 Å². The van der Waals surface area contributed by atoms with Crippen molar-refractivity contribution in [1.82, 2.24) is 9.71 Å². The molecule has 0 aliphatic carbocycles. The zero-order chi connectivity index (χ0) is 22.4. The van der Waals surface area contributed by atoms with Gasteiger partial charge in [-0.05, 0) is 56.3 Å². The number of nitrogens with zero attached hydrogens (tertiary/aromatic N) is 1. The van der Waals surface area contributed by atoms with Gasteiger partial charge >= 0.3 is 0 Å². The molecule has 0 aliphatic heterocycles. The molecule has 2 N–H and O–H groups in total. The molecule has 2 aromatic carbocycles. The summed E-state index contributed by atoms with van der Waals surface area (Å²) in [5, 5.41) is 2.57. The fourth-order valence-corrected chi connectivity index (χ4v) is 4.00. The molecule has 0 atom stereocenters. The predicted octanol–water partition coefficient (Wildman–Crippen LogP) is 3.74. The summed E-state index contributed by atoms with van der Waals surface area (Å²) >= 11 is 0. The van der Waals surface area contributed by atoms with Crippen molar-refractivity contribution < 1.29 is 22.3 Å². The number of rotatable bonds is 8. The lowest BCUT2D eigenvalue weighted by Gasteiger charge is -2.12. The molecule has 0 aliphatic rings. The average molecular weight is 444 g/mol. The monoisotopic (exact) mass is 443 g/mol. The Hall–Kier alpha value is -3.30. The summed E-state index contributed by atoms with van der Waals surface area (Å²) in [6.07, 6.45) is 1.66. The van der Waals surface area contributed by atoms with Crippen molar-refractivity contribution in [2.24, 2.45) is 0 Å². The minimum Gasteiger partial charge on any atom is -0.487 e. The van der Waals surface area contributed by atoms with Crippen LogP contribution in [0, 0.1) is 5.82 Å². The first-order valence-electron chi connectivity index (χ1n) is 9.50. The van der Waals surface area contributed by atoms with Gasteiger partial charge in [-0.25, -0.2) is 17.5 Å². The van der Waals surface area contributed by atoms with Crippen LogP contribution in [0.3, 0.4) is 0 Å². The van der Waals surface area contributed by atoms with Crippen LogP contribution < -0.4 is 14.8 Å². The summed E-state index contributed by atoms with van der Waals surface area (Å²) in [4.78, 5) is 16.6. The van der Waals surface area contributed by atoms with Gasteiger partial charge in [0, 0.05) is 24.0 Å². The lowest BCUT2D eigenvalue weighted by Crippen LogP contribution is -2.30. The van der Waals surface area contributed by atoms with Gasteiger partial charge in [0.1, 0.15) is 18.2 Å². The summed E-state index contributed by atoms with van der Waals surface area (Å²) in [6.45, 7) is 3.57. The van der Waals surface area contributed by atoms with Crippen molar-refractivity contribution in [2.75, 3.05) is 5.32 Å². The van der Waals surface area contributed by atoms with Gasteiger partial charge in [0.2, 0.25) is 10.0 Å². The second kappa shape index (κ2) is 9.67. The quantitative estimate of drug-likeness (QED) is 0.553. The van der Waals surface area contributed by atoms with Crippen LogP contribution in [0.4, 0.5) is 10.1 Å². The summed E-state index contributed by atoms with van der Waals surface area (Å²) in [7, 11) is -3.87. The number of hydrogen-bond acceptors (Lipinski definition) is 5. The van der Waals surface area contributed by atoms with E-state index < -0.39 is 21.7 Å². The Morgan fingerprint density at radius 2 is 1.90 bits per heavy atom. The Labute approximate surface area is 180 Å². The number of pyridine rings is 1. The Kier molecular flexibility index (Phi) is 6.98. The van der Waals surface area contributed by atoms with Gasteiger partial charge < -0.3 is 10.1 Å². The summed E-state index contributed by atoms with van der Waals surface area (Å²) < 4.78 is 47.0. The third-order valence-electron chi connectivity index (χ3n) is 4.09. The predicted molar refractivity (Wildman–Crippen MR) is 115 cm³/mol. The van der Waals surface area contributed by atoms with Crippen molar-refractivity contribution in [1.29, 1.82) is 0 Å². The molecule has 9 heteroatoms. The number of benzene rings is 2. The van der Waals surface area contributed by atoms with E-state index in [0.717, 1.165) is 23.9 Å². The molecular formula is C22H22FN3O4S. The van der Waals surface area contributed by atoms with Crippen LogP contribution in [0.2, 0.25) is 0 Å². The van der Waals surface area contributed by atoms with Gasteiger partial charge in [0.05, 0.1) is 16.2 Å². The largest absolute Gasteiger partial charge is 0.487 e. The Morgan fingerprint density at radius 3 is 2.61 bits per heavy atom. The maximum atomic E-state index is 14.3. The SMILES string of the molecule is CC(C)NS(=O)(=O)c1ccc(F)c(C(=O)Nc2cccc(OCc3ccccn3)c2)c1. The minimum absolute atomic E-state index is 0.194. The third-order valence-corrected chi connectivity index (χ3v) is 5.74. The Bertz CT molecular complexity index is 1170. The first-order valence-corrected chi connectivity index (χ1v) is 11.0. The molecular weight excluding hydrogens is 421 g/mol. The fourth-order valence-electron chi connectivity index (χ4n) is 2.73. The summed E-state index contributed by atoms with van der Waals surface area (Å²) in [5.74, 6) is -1.12. The van der Waals surface area contributed by atoms with Crippen LogP contribution >= 0.6 is 0 Å². The number of nitrogens with one attached hydrogen (secondary N) is 2. The third kappa shape index (κ3) is 6.09. The molecule has 3 rings (SSSR count). The maximum absolute atomic E-state index is 14.3. The second-order valence-corrected chi connectivity index (χ2v) is 8.72. The first kappa shape index (κ1) is 22.4. The van der Waals surface area contributed by atoms with E-state index in [9.17, 15) is 17.6 Å². The van der Waals surface area contributed by atoms with Crippen LogP contribution in [0.1, 0.15) is 29.9 Å². The number of anilines is 1. The number of hydrogen-bond donors (Lipinski definition) is 2. The number of carbonyl (C=O) groups is 1. The van der Waals surface area contributed by atoms with E-state index in [2.05, 4.69) is 15.0 Å². The average Bonchev–Trinajstić information content (AvgIpc) is 2.72.